The van der Waals surface area contributed by atoms with Crippen molar-refractivity contribution >= 4 is 5.69 Å². The molecule has 0 bridgehead atoms. The molecule has 2 saturated heterocycles. The van der Waals surface area contributed by atoms with Gasteiger partial charge in [-0.2, -0.15) is 0 Å². The molecule has 0 aromatic carbocycles. The summed E-state index contributed by atoms with van der Waals surface area (Å²) >= 11 is 0. The molecule has 3 unspecified atom stereocenters. The first-order valence-corrected chi connectivity index (χ1v) is 7.80. The van der Waals surface area contributed by atoms with Gasteiger partial charge in [0.25, 0.3) is 0 Å². The molecule has 0 radical (unpaired) electrons. The third-order valence-electron chi connectivity index (χ3n) is 4.72. The number of fused-ring (bicyclic) bond motifs is 1. The van der Waals surface area contributed by atoms with Crippen molar-refractivity contribution in [3.63, 3.8) is 0 Å². The predicted octanol–water partition coefficient (Wildman–Crippen LogP) is 2.20. The highest BCUT2D eigenvalue weighted by Crippen LogP contribution is 2.28. The molecule has 4 heteroatoms. The van der Waals surface area contributed by atoms with Crippen molar-refractivity contribution in [1.29, 1.82) is 0 Å². The van der Waals surface area contributed by atoms with Crippen LogP contribution in [0.2, 0.25) is 0 Å². The summed E-state index contributed by atoms with van der Waals surface area (Å²) in [5.74, 6) is 0. The van der Waals surface area contributed by atoms with Crippen LogP contribution in [0.1, 0.15) is 44.9 Å². The Bertz CT molecular complexity index is 446. The quantitative estimate of drug-likeness (QED) is 0.898. The molecule has 3 atom stereocenters. The maximum absolute atomic E-state index is 9.55. The first kappa shape index (κ1) is 13.8. The zero-order valence-electron chi connectivity index (χ0n) is 12.5. The smallest absolute Gasteiger partial charge is 0.0931 e. The van der Waals surface area contributed by atoms with E-state index < -0.39 is 6.10 Å². The number of piperazine rings is 1. The number of rotatable bonds is 2. The lowest BCUT2D eigenvalue weighted by molar-refractivity contribution is 0.115. The molecule has 4 nitrogen and oxygen atoms in total. The van der Waals surface area contributed by atoms with Crippen LogP contribution in [0.25, 0.3) is 0 Å². The number of pyridine rings is 1. The molecule has 2 aliphatic heterocycles. The molecule has 0 amide bonds. The summed E-state index contributed by atoms with van der Waals surface area (Å²) in [6, 6.07) is 5.28. The second kappa shape index (κ2) is 5.70. The van der Waals surface area contributed by atoms with Crippen molar-refractivity contribution in [2.75, 3.05) is 24.5 Å². The second-order valence-electron chi connectivity index (χ2n) is 6.26. The minimum Gasteiger partial charge on any atom is -0.387 e. The van der Waals surface area contributed by atoms with Crippen molar-refractivity contribution in [2.45, 2.75) is 51.3 Å². The molecule has 110 valence electrons. The van der Waals surface area contributed by atoms with Crippen LogP contribution in [0.5, 0.6) is 0 Å². The number of hydrogen-bond acceptors (Lipinski definition) is 4. The van der Waals surface area contributed by atoms with Gasteiger partial charge in [-0.1, -0.05) is 6.42 Å². The summed E-state index contributed by atoms with van der Waals surface area (Å²) in [6.45, 7) is 7.58. The largest absolute Gasteiger partial charge is 0.387 e. The Balaban J connectivity index is 1.75. The summed E-state index contributed by atoms with van der Waals surface area (Å²) in [7, 11) is 0. The fourth-order valence-electron chi connectivity index (χ4n) is 3.53. The third-order valence-corrected chi connectivity index (χ3v) is 4.72. The van der Waals surface area contributed by atoms with E-state index in [0.29, 0.717) is 12.1 Å². The van der Waals surface area contributed by atoms with Crippen LogP contribution in [0, 0.1) is 0 Å². The first-order valence-electron chi connectivity index (χ1n) is 7.80. The number of anilines is 1. The summed E-state index contributed by atoms with van der Waals surface area (Å²) < 4.78 is 0. The first-order chi connectivity index (χ1) is 9.65. The van der Waals surface area contributed by atoms with Gasteiger partial charge in [-0.25, -0.2) is 0 Å². The normalized spacial score (nSPS) is 29.1. The molecular formula is C16H25N3O. The van der Waals surface area contributed by atoms with Crippen LogP contribution in [-0.4, -0.2) is 46.7 Å². The van der Waals surface area contributed by atoms with Crippen LogP contribution in [-0.2, 0) is 0 Å². The van der Waals surface area contributed by atoms with Gasteiger partial charge in [0, 0.05) is 25.2 Å². The maximum atomic E-state index is 9.55. The predicted molar refractivity (Wildman–Crippen MR) is 80.9 cm³/mol. The van der Waals surface area contributed by atoms with E-state index in [9.17, 15) is 5.11 Å². The van der Waals surface area contributed by atoms with Gasteiger partial charge in [-0.05, 0) is 45.4 Å². The van der Waals surface area contributed by atoms with Crippen molar-refractivity contribution in [1.82, 2.24) is 9.88 Å². The number of nitrogens with zero attached hydrogens (tertiary/aromatic N) is 3. The zero-order chi connectivity index (χ0) is 14.1. The molecular weight excluding hydrogens is 250 g/mol. The molecule has 20 heavy (non-hydrogen) atoms. The lowest BCUT2D eigenvalue weighted by Gasteiger charge is -2.48. The monoisotopic (exact) mass is 275 g/mol. The highest BCUT2D eigenvalue weighted by Gasteiger charge is 2.33. The summed E-state index contributed by atoms with van der Waals surface area (Å²) in [5, 5.41) is 9.55. The minimum atomic E-state index is -0.489. The fraction of sp³-hybridized carbons (Fsp3) is 0.688. The molecule has 0 spiro atoms. The number of aromatic nitrogens is 1. The summed E-state index contributed by atoms with van der Waals surface area (Å²) in [4.78, 5) is 9.52. The Hall–Kier alpha value is -1.13. The average molecular weight is 275 g/mol. The van der Waals surface area contributed by atoms with Crippen molar-refractivity contribution in [3.05, 3.63) is 24.0 Å². The van der Waals surface area contributed by atoms with Gasteiger partial charge in [-0.15, -0.1) is 0 Å². The van der Waals surface area contributed by atoms with E-state index in [-0.39, 0.29) is 0 Å². The molecule has 1 N–H and O–H groups in total. The molecule has 0 saturated carbocycles. The van der Waals surface area contributed by atoms with Crippen molar-refractivity contribution < 1.29 is 5.11 Å². The van der Waals surface area contributed by atoms with Gasteiger partial charge in [-0.3, -0.25) is 9.88 Å². The van der Waals surface area contributed by atoms with Crippen LogP contribution >= 0.6 is 0 Å². The zero-order valence-corrected chi connectivity index (χ0v) is 12.5. The van der Waals surface area contributed by atoms with Gasteiger partial charge in [0.2, 0.25) is 0 Å². The Labute approximate surface area is 121 Å². The van der Waals surface area contributed by atoms with E-state index in [1.54, 1.807) is 6.92 Å². The Morgan fingerprint density at radius 3 is 2.85 bits per heavy atom. The average Bonchev–Trinajstić information content (AvgIpc) is 2.46. The highest BCUT2D eigenvalue weighted by atomic mass is 16.3. The molecule has 1 aromatic heterocycles. The molecule has 1 aromatic rings. The van der Waals surface area contributed by atoms with Gasteiger partial charge in [0.15, 0.2) is 0 Å². The number of hydrogen-bond donors (Lipinski definition) is 1. The van der Waals surface area contributed by atoms with Crippen molar-refractivity contribution in [3.8, 4) is 0 Å². The van der Waals surface area contributed by atoms with E-state index in [1.165, 1.54) is 31.5 Å². The number of aliphatic hydroxyl groups excluding tert-OH is 1. The Morgan fingerprint density at radius 2 is 2.15 bits per heavy atom. The highest BCUT2D eigenvalue weighted by molar-refractivity contribution is 5.46. The van der Waals surface area contributed by atoms with Crippen molar-refractivity contribution in [2.24, 2.45) is 0 Å². The fourth-order valence-corrected chi connectivity index (χ4v) is 3.53. The Kier molecular flexibility index (Phi) is 3.94. The van der Waals surface area contributed by atoms with E-state index in [2.05, 4.69) is 27.8 Å². The SMILES string of the molecule is CC(O)c1ccc(N2CC3CCCCN3CC2C)cn1. The molecule has 2 fully saturated rings. The third kappa shape index (κ3) is 2.67. The van der Waals surface area contributed by atoms with Crippen LogP contribution in [0.15, 0.2) is 18.3 Å². The molecule has 0 aliphatic carbocycles. The summed E-state index contributed by atoms with van der Waals surface area (Å²) in [6.07, 6.45) is 5.47. The lowest BCUT2D eigenvalue weighted by atomic mass is 9.97. The van der Waals surface area contributed by atoms with Crippen LogP contribution < -0.4 is 4.90 Å². The minimum absolute atomic E-state index is 0.489. The maximum Gasteiger partial charge on any atom is 0.0931 e. The van der Waals surface area contributed by atoms with Gasteiger partial charge in [0.05, 0.1) is 23.7 Å². The number of aliphatic hydroxyl groups is 1. The molecule has 3 rings (SSSR count). The molecule has 2 aliphatic rings. The lowest BCUT2D eigenvalue weighted by Crippen LogP contribution is -2.58. The van der Waals surface area contributed by atoms with Gasteiger partial charge in [0.1, 0.15) is 0 Å². The standard InChI is InChI=1S/C16H25N3O/c1-12-10-18-8-4-3-5-15(18)11-19(12)14-6-7-16(13(2)20)17-9-14/h6-7,9,12-13,15,20H,3-5,8,10-11H2,1-2H3. The van der Waals surface area contributed by atoms with Gasteiger partial charge < -0.3 is 10.0 Å². The van der Waals surface area contributed by atoms with Crippen LogP contribution in [0.4, 0.5) is 5.69 Å². The van der Waals surface area contributed by atoms with Gasteiger partial charge >= 0.3 is 0 Å². The van der Waals surface area contributed by atoms with E-state index in [1.807, 2.05) is 12.3 Å². The Morgan fingerprint density at radius 1 is 1.30 bits per heavy atom. The van der Waals surface area contributed by atoms with E-state index in [4.69, 9.17) is 0 Å². The second-order valence-corrected chi connectivity index (χ2v) is 6.26. The van der Waals surface area contributed by atoms with Crippen LogP contribution in [0.3, 0.4) is 0 Å². The molecule has 3 heterocycles. The topological polar surface area (TPSA) is 39.6 Å². The number of piperidine rings is 1. The summed E-state index contributed by atoms with van der Waals surface area (Å²) in [5.41, 5.74) is 1.94. The van der Waals surface area contributed by atoms with E-state index >= 15 is 0 Å². The van der Waals surface area contributed by atoms with E-state index in [0.717, 1.165) is 18.8 Å².